The number of rotatable bonds is 2. The van der Waals surface area contributed by atoms with Crippen LogP contribution in [0.1, 0.15) is 27.2 Å². The van der Waals surface area contributed by atoms with Crippen LogP contribution in [0.4, 0.5) is 0 Å². The first kappa shape index (κ1) is 9.03. The second-order valence-electron chi connectivity index (χ2n) is 3.82. The zero-order valence-electron chi connectivity index (χ0n) is 7.72. The van der Waals surface area contributed by atoms with Gasteiger partial charge < -0.3 is 5.73 Å². The lowest BCUT2D eigenvalue weighted by atomic mass is 9.91. The molecule has 1 amide bonds. The van der Waals surface area contributed by atoms with E-state index in [9.17, 15) is 4.79 Å². The van der Waals surface area contributed by atoms with E-state index in [4.69, 9.17) is 5.73 Å². The van der Waals surface area contributed by atoms with Crippen LogP contribution in [0.2, 0.25) is 0 Å². The molecule has 1 aliphatic heterocycles. The summed E-state index contributed by atoms with van der Waals surface area (Å²) in [5.41, 5.74) is 4.75. The van der Waals surface area contributed by atoms with Crippen LogP contribution in [0.3, 0.4) is 0 Å². The molecule has 1 unspecified atom stereocenters. The summed E-state index contributed by atoms with van der Waals surface area (Å²) in [6.07, 6.45) is 0.736. The lowest BCUT2D eigenvalue weighted by molar-refractivity contribution is -0.123. The van der Waals surface area contributed by atoms with E-state index in [0.717, 1.165) is 6.42 Å². The topological polar surface area (TPSA) is 67.5 Å². The zero-order valence-corrected chi connectivity index (χ0v) is 7.72. The summed E-state index contributed by atoms with van der Waals surface area (Å²) < 4.78 is 0. The summed E-state index contributed by atoms with van der Waals surface area (Å²) in [5, 5.41) is 2.50. The molecule has 68 valence electrons. The van der Waals surface area contributed by atoms with Crippen molar-refractivity contribution < 1.29 is 4.79 Å². The smallest absolute Gasteiger partial charge is 0.254 e. The minimum absolute atomic E-state index is 0.0892. The SMILES string of the molecule is CC(C)CC1(C)N=C(N)NC1=O. The predicted octanol–water partition coefficient (Wildman–Crippen LogP) is 0.236. The van der Waals surface area contributed by atoms with Crippen molar-refractivity contribution in [2.75, 3.05) is 0 Å². The normalized spacial score (nSPS) is 29.0. The number of amides is 1. The average Bonchev–Trinajstić information content (AvgIpc) is 2.04. The number of carbonyl (C=O) groups is 1. The molecule has 4 nitrogen and oxygen atoms in total. The van der Waals surface area contributed by atoms with Gasteiger partial charge in [0.25, 0.3) is 5.91 Å². The second-order valence-corrected chi connectivity index (χ2v) is 3.82. The van der Waals surface area contributed by atoms with Crippen molar-refractivity contribution in [3.8, 4) is 0 Å². The molecular formula is C8H15N3O. The standard InChI is InChI=1S/C8H15N3O/c1-5(2)4-8(3)6(12)10-7(9)11-8/h5H,4H2,1-3H3,(H3,9,10,11,12). The fraction of sp³-hybridized carbons (Fsp3) is 0.750. The van der Waals surface area contributed by atoms with E-state index >= 15 is 0 Å². The first-order chi connectivity index (χ1) is 5.44. The van der Waals surface area contributed by atoms with E-state index in [1.54, 1.807) is 0 Å². The van der Waals surface area contributed by atoms with Gasteiger partial charge in [0.15, 0.2) is 5.96 Å². The molecule has 0 bridgehead atoms. The van der Waals surface area contributed by atoms with Gasteiger partial charge in [-0.25, -0.2) is 4.99 Å². The molecule has 3 N–H and O–H groups in total. The van der Waals surface area contributed by atoms with E-state index in [-0.39, 0.29) is 11.9 Å². The maximum absolute atomic E-state index is 11.3. The molecule has 1 aliphatic rings. The van der Waals surface area contributed by atoms with Gasteiger partial charge in [0, 0.05) is 0 Å². The number of nitrogens with two attached hydrogens (primary N) is 1. The number of hydrogen-bond acceptors (Lipinski definition) is 3. The van der Waals surface area contributed by atoms with E-state index < -0.39 is 5.54 Å². The van der Waals surface area contributed by atoms with Crippen LogP contribution >= 0.6 is 0 Å². The fourth-order valence-electron chi connectivity index (χ4n) is 1.53. The quantitative estimate of drug-likeness (QED) is 0.621. The zero-order chi connectivity index (χ0) is 9.35. The second kappa shape index (κ2) is 2.77. The van der Waals surface area contributed by atoms with E-state index in [1.807, 2.05) is 6.92 Å². The van der Waals surface area contributed by atoms with Crippen molar-refractivity contribution in [2.45, 2.75) is 32.7 Å². The van der Waals surface area contributed by atoms with Crippen LogP contribution < -0.4 is 11.1 Å². The molecule has 0 spiro atoms. The minimum Gasteiger partial charge on any atom is -0.370 e. The molecule has 0 aliphatic carbocycles. The summed E-state index contributed by atoms with van der Waals surface area (Å²) in [4.78, 5) is 15.4. The first-order valence-corrected chi connectivity index (χ1v) is 4.11. The van der Waals surface area contributed by atoms with Crippen molar-refractivity contribution in [3.05, 3.63) is 0 Å². The number of nitrogens with zero attached hydrogens (tertiary/aromatic N) is 1. The van der Waals surface area contributed by atoms with Crippen molar-refractivity contribution in [1.29, 1.82) is 0 Å². The number of aliphatic imine (C=N–C) groups is 1. The largest absolute Gasteiger partial charge is 0.370 e. The molecule has 0 aromatic carbocycles. The third kappa shape index (κ3) is 1.57. The highest BCUT2D eigenvalue weighted by atomic mass is 16.2. The number of guanidine groups is 1. The van der Waals surface area contributed by atoms with E-state index in [2.05, 4.69) is 24.2 Å². The minimum atomic E-state index is -0.641. The highest BCUT2D eigenvalue weighted by Gasteiger charge is 2.38. The Morgan fingerprint density at radius 3 is 2.58 bits per heavy atom. The Labute approximate surface area is 72.2 Å². The lowest BCUT2D eigenvalue weighted by Crippen LogP contribution is -2.39. The molecule has 0 radical (unpaired) electrons. The molecule has 0 aromatic heterocycles. The Balaban J connectivity index is 2.76. The molecule has 0 saturated heterocycles. The van der Waals surface area contributed by atoms with Gasteiger partial charge in [0.2, 0.25) is 0 Å². The van der Waals surface area contributed by atoms with Gasteiger partial charge in [0.1, 0.15) is 5.54 Å². The highest BCUT2D eigenvalue weighted by molar-refractivity contribution is 6.06. The molecule has 0 saturated carbocycles. The molecule has 1 rings (SSSR count). The monoisotopic (exact) mass is 169 g/mol. The van der Waals surface area contributed by atoms with Crippen LogP contribution in [0, 0.1) is 5.92 Å². The molecule has 1 atom stereocenters. The van der Waals surface area contributed by atoms with Crippen molar-refractivity contribution in [3.63, 3.8) is 0 Å². The van der Waals surface area contributed by atoms with Crippen LogP contribution in [0.25, 0.3) is 0 Å². The fourth-order valence-corrected chi connectivity index (χ4v) is 1.53. The maximum atomic E-state index is 11.3. The van der Waals surface area contributed by atoms with Crippen LogP contribution in [-0.2, 0) is 4.79 Å². The average molecular weight is 169 g/mol. The Kier molecular flexibility index (Phi) is 2.08. The molecule has 12 heavy (non-hydrogen) atoms. The predicted molar refractivity (Wildman–Crippen MR) is 47.6 cm³/mol. The Morgan fingerprint density at radius 2 is 2.25 bits per heavy atom. The summed E-state index contributed by atoms with van der Waals surface area (Å²) >= 11 is 0. The maximum Gasteiger partial charge on any atom is 0.254 e. The van der Waals surface area contributed by atoms with Crippen molar-refractivity contribution in [2.24, 2.45) is 16.6 Å². The van der Waals surface area contributed by atoms with Crippen LogP contribution in [0.5, 0.6) is 0 Å². The summed E-state index contributed by atoms with van der Waals surface area (Å²) in [5.74, 6) is 0.590. The molecule has 4 heteroatoms. The molecule has 1 heterocycles. The van der Waals surface area contributed by atoms with E-state index in [1.165, 1.54) is 0 Å². The van der Waals surface area contributed by atoms with Gasteiger partial charge in [-0.2, -0.15) is 0 Å². The highest BCUT2D eigenvalue weighted by Crippen LogP contribution is 2.23. The molecule has 0 fully saturated rings. The number of nitrogens with one attached hydrogen (secondary N) is 1. The van der Waals surface area contributed by atoms with Gasteiger partial charge in [-0.3, -0.25) is 10.1 Å². The van der Waals surface area contributed by atoms with Gasteiger partial charge in [0.05, 0.1) is 0 Å². The Hall–Kier alpha value is -1.06. The van der Waals surface area contributed by atoms with Gasteiger partial charge in [-0.1, -0.05) is 13.8 Å². The third-order valence-electron chi connectivity index (χ3n) is 1.90. The van der Waals surface area contributed by atoms with Crippen LogP contribution in [0.15, 0.2) is 4.99 Å². The molecule has 0 aromatic rings. The van der Waals surface area contributed by atoms with Gasteiger partial charge in [-0.15, -0.1) is 0 Å². The Bertz CT molecular complexity index is 234. The van der Waals surface area contributed by atoms with Crippen molar-refractivity contribution in [1.82, 2.24) is 5.32 Å². The first-order valence-electron chi connectivity index (χ1n) is 4.11. The number of hydrogen-bond donors (Lipinski definition) is 2. The summed E-state index contributed by atoms with van der Waals surface area (Å²) in [6, 6.07) is 0. The van der Waals surface area contributed by atoms with Crippen LogP contribution in [-0.4, -0.2) is 17.4 Å². The molecular weight excluding hydrogens is 154 g/mol. The third-order valence-corrected chi connectivity index (χ3v) is 1.90. The lowest BCUT2D eigenvalue weighted by Gasteiger charge is -2.19. The Morgan fingerprint density at radius 1 is 1.67 bits per heavy atom. The number of carbonyl (C=O) groups excluding carboxylic acids is 1. The van der Waals surface area contributed by atoms with Gasteiger partial charge >= 0.3 is 0 Å². The van der Waals surface area contributed by atoms with Crippen molar-refractivity contribution >= 4 is 11.9 Å². The van der Waals surface area contributed by atoms with Gasteiger partial charge in [-0.05, 0) is 19.3 Å². The summed E-state index contributed by atoms with van der Waals surface area (Å²) in [7, 11) is 0. The van der Waals surface area contributed by atoms with E-state index in [0.29, 0.717) is 5.92 Å². The summed E-state index contributed by atoms with van der Waals surface area (Å²) in [6.45, 7) is 5.92.